The number of hydrogen-bond donors (Lipinski definition) is 0. The zero-order valence-electron chi connectivity index (χ0n) is 15.6. The molecule has 0 bridgehead atoms. The minimum Gasteiger partial charge on any atom is -0.275 e. The van der Waals surface area contributed by atoms with E-state index in [1.165, 1.54) is 22.9 Å². The summed E-state index contributed by atoms with van der Waals surface area (Å²) < 4.78 is 44.4. The summed E-state index contributed by atoms with van der Waals surface area (Å²) in [5.74, 6) is -0.483. The molecule has 4 aromatic rings. The second kappa shape index (κ2) is 6.78. The molecule has 8 heteroatoms. The fraction of sp³-hybridized carbons (Fsp3) is 0.250. The molecule has 144 valence electrons. The zero-order chi connectivity index (χ0) is 20.0. The van der Waals surface area contributed by atoms with Crippen LogP contribution in [0.15, 0.2) is 42.6 Å². The van der Waals surface area contributed by atoms with E-state index in [0.29, 0.717) is 33.8 Å². The van der Waals surface area contributed by atoms with Gasteiger partial charge in [0, 0.05) is 18.8 Å². The Morgan fingerprint density at radius 1 is 0.964 bits per heavy atom. The van der Waals surface area contributed by atoms with E-state index in [4.69, 9.17) is 0 Å². The van der Waals surface area contributed by atoms with Gasteiger partial charge in [-0.15, -0.1) is 0 Å². The van der Waals surface area contributed by atoms with Crippen LogP contribution in [0.3, 0.4) is 0 Å². The normalized spacial score (nSPS) is 11.9. The monoisotopic (exact) mass is 385 g/mol. The van der Waals surface area contributed by atoms with Crippen LogP contribution in [0.2, 0.25) is 0 Å². The fourth-order valence-electron chi connectivity index (χ4n) is 3.19. The predicted octanol–water partition coefficient (Wildman–Crippen LogP) is 5.02. The molecule has 0 saturated carbocycles. The number of pyridine rings is 1. The molecule has 0 N–H and O–H groups in total. The standard InChI is InChI=1S/C20H18F3N5/c1-11(2)18-17-14(19(22)23)10-16(15-8-9-27(3)25-15)24-20(17)28(26-18)13-6-4-12(21)5-7-13/h4-11,19H,1-3H3. The summed E-state index contributed by atoms with van der Waals surface area (Å²) in [6.07, 6.45) is -0.976. The molecule has 3 heterocycles. The van der Waals surface area contributed by atoms with Crippen molar-refractivity contribution in [1.29, 1.82) is 0 Å². The Bertz CT molecular complexity index is 1140. The van der Waals surface area contributed by atoms with Gasteiger partial charge in [0.25, 0.3) is 6.43 Å². The lowest BCUT2D eigenvalue weighted by atomic mass is 10.0. The summed E-state index contributed by atoms with van der Waals surface area (Å²) in [4.78, 5) is 4.60. The third kappa shape index (κ3) is 3.04. The Hall–Kier alpha value is -3.16. The lowest BCUT2D eigenvalue weighted by Gasteiger charge is -2.08. The fourth-order valence-corrected chi connectivity index (χ4v) is 3.19. The molecule has 0 amide bonds. The lowest BCUT2D eigenvalue weighted by Crippen LogP contribution is -2.00. The van der Waals surface area contributed by atoms with Crippen molar-refractivity contribution in [1.82, 2.24) is 24.5 Å². The van der Waals surface area contributed by atoms with Crippen LogP contribution in [0.25, 0.3) is 28.1 Å². The molecule has 0 unspecified atom stereocenters. The van der Waals surface area contributed by atoms with E-state index in [2.05, 4.69) is 15.2 Å². The smallest absolute Gasteiger partial charge is 0.264 e. The van der Waals surface area contributed by atoms with Crippen molar-refractivity contribution >= 4 is 11.0 Å². The van der Waals surface area contributed by atoms with Gasteiger partial charge in [-0.05, 0) is 42.3 Å². The molecule has 0 aliphatic heterocycles. The van der Waals surface area contributed by atoms with Crippen LogP contribution in [0.5, 0.6) is 0 Å². The number of hydrogen-bond acceptors (Lipinski definition) is 3. The van der Waals surface area contributed by atoms with Gasteiger partial charge in [-0.3, -0.25) is 4.68 Å². The number of fused-ring (bicyclic) bond motifs is 1. The van der Waals surface area contributed by atoms with Crippen LogP contribution < -0.4 is 0 Å². The van der Waals surface area contributed by atoms with Gasteiger partial charge in [0.1, 0.15) is 11.5 Å². The van der Waals surface area contributed by atoms with E-state index in [1.807, 2.05) is 13.8 Å². The van der Waals surface area contributed by atoms with Gasteiger partial charge in [0.15, 0.2) is 5.65 Å². The first-order valence-corrected chi connectivity index (χ1v) is 8.83. The number of aryl methyl sites for hydroxylation is 1. The molecule has 0 saturated heterocycles. The second-order valence-corrected chi connectivity index (χ2v) is 6.90. The van der Waals surface area contributed by atoms with Crippen molar-refractivity contribution in [2.45, 2.75) is 26.2 Å². The minimum absolute atomic E-state index is 0.0933. The van der Waals surface area contributed by atoms with E-state index in [9.17, 15) is 13.2 Å². The molecular formula is C20H18F3N5. The van der Waals surface area contributed by atoms with Crippen molar-refractivity contribution in [3.63, 3.8) is 0 Å². The van der Waals surface area contributed by atoms with Crippen molar-refractivity contribution in [2.24, 2.45) is 7.05 Å². The summed E-state index contributed by atoms with van der Waals surface area (Å²) in [5.41, 5.74) is 2.06. The summed E-state index contributed by atoms with van der Waals surface area (Å²) in [7, 11) is 1.75. The molecule has 0 fully saturated rings. The van der Waals surface area contributed by atoms with Crippen LogP contribution in [-0.4, -0.2) is 24.5 Å². The Balaban J connectivity index is 2.06. The van der Waals surface area contributed by atoms with Crippen LogP contribution in [0, 0.1) is 5.82 Å². The maximum Gasteiger partial charge on any atom is 0.264 e. The van der Waals surface area contributed by atoms with Gasteiger partial charge in [0.05, 0.1) is 22.5 Å². The first-order valence-electron chi connectivity index (χ1n) is 8.83. The first-order chi connectivity index (χ1) is 13.3. The highest BCUT2D eigenvalue weighted by atomic mass is 19.3. The summed E-state index contributed by atoms with van der Waals surface area (Å²) in [6, 6.07) is 8.78. The second-order valence-electron chi connectivity index (χ2n) is 6.90. The van der Waals surface area contributed by atoms with E-state index in [1.54, 1.807) is 36.1 Å². The van der Waals surface area contributed by atoms with Crippen molar-refractivity contribution in [2.75, 3.05) is 0 Å². The molecule has 3 aromatic heterocycles. The van der Waals surface area contributed by atoms with Crippen LogP contribution in [-0.2, 0) is 7.05 Å². The van der Waals surface area contributed by atoms with E-state index < -0.39 is 6.43 Å². The molecule has 5 nitrogen and oxygen atoms in total. The average Bonchev–Trinajstić information content (AvgIpc) is 3.25. The predicted molar refractivity (Wildman–Crippen MR) is 100 cm³/mol. The Morgan fingerprint density at radius 3 is 2.25 bits per heavy atom. The molecule has 0 spiro atoms. The number of halogens is 3. The van der Waals surface area contributed by atoms with E-state index in [0.717, 1.165) is 0 Å². The molecule has 0 aliphatic carbocycles. The van der Waals surface area contributed by atoms with Crippen molar-refractivity contribution < 1.29 is 13.2 Å². The average molecular weight is 385 g/mol. The number of aromatic nitrogens is 5. The highest BCUT2D eigenvalue weighted by Gasteiger charge is 2.25. The Kier molecular flexibility index (Phi) is 4.41. The summed E-state index contributed by atoms with van der Waals surface area (Å²) in [6.45, 7) is 3.78. The highest BCUT2D eigenvalue weighted by Crippen LogP contribution is 2.36. The third-order valence-corrected chi connectivity index (χ3v) is 4.52. The van der Waals surface area contributed by atoms with Crippen molar-refractivity contribution in [3.05, 3.63) is 59.7 Å². The molecule has 28 heavy (non-hydrogen) atoms. The van der Waals surface area contributed by atoms with Gasteiger partial charge in [-0.2, -0.15) is 10.2 Å². The van der Waals surface area contributed by atoms with E-state index >= 15 is 0 Å². The first kappa shape index (κ1) is 18.2. The number of alkyl halides is 2. The van der Waals surface area contributed by atoms with Gasteiger partial charge in [-0.25, -0.2) is 22.8 Å². The highest BCUT2D eigenvalue weighted by molar-refractivity contribution is 5.87. The van der Waals surface area contributed by atoms with Crippen molar-refractivity contribution in [3.8, 4) is 17.1 Å². The number of nitrogens with zero attached hydrogens (tertiary/aromatic N) is 5. The largest absolute Gasteiger partial charge is 0.275 e. The van der Waals surface area contributed by atoms with Crippen LogP contribution >= 0.6 is 0 Å². The van der Waals surface area contributed by atoms with E-state index in [-0.39, 0.29) is 17.3 Å². The Labute approximate surface area is 159 Å². The maximum atomic E-state index is 14.0. The number of rotatable bonds is 4. The van der Waals surface area contributed by atoms with Gasteiger partial charge in [0.2, 0.25) is 0 Å². The van der Waals surface area contributed by atoms with Gasteiger partial charge < -0.3 is 0 Å². The van der Waals surface area contributed by atoms with Crippen LogP contribution in [0.1, 0.15) is 37.4 Å². The van der Waals surface area contributed by atoms with Gasteiger partial charge >= 0.3 is 0 Å². The summed E-state index contributed by atoms with van der Waals surface area (Å²) >= 11 is 0. The zero-order valence-corrected chi connectivity index (χ0v) is 15.6. The molecule has 0 atom stereocenters. The lowest BCUT2D eigenvalue weighted by molar-refractivity contribution is 0.153. The SMILES string of the molecule is CC(C)c1nn(-c2ccc(F)cc2)c2nc(-c3ccn(C)n3)cc(C(F)F)c12. The number of benzene rings is 1. The molecular weight excluding hydrogens is 367 g/mol. The minimum atomic E-state index is -2.70. The summed E-state index contributed by atoms with van der Waals surface area (Å²) in [5, 5.41) is 9.15. The third-order valence-electron chi connectivity index (χ3n) is 4.52. The Morgan fingerprint density at radius 2 is 1.68 bits per heavy atom. The molecule has 4 rings (SSSR count). The molecule has 0 radical (unpaired) electrons. The quantitative estimate of drug-likeness (QED) is 0.496. The topological polar surface area (TPSA) is 48.5 Å². The van der Waals surface area contributed by atoms with Gasteiger partial charge in [-0.1, -0.05) is 13.8 Å². The molecule has 0 aliphatic rings. The van der Waals surface area contributed by atoms with Crippen LogP contribution in [0.4, 0.5) is 13.2 Å². The maximum absolute atomic E-state index is 14.0. The molecule has 1 aromatic carbocycles.